The molecule has 3 aromatic heterocycles. The zero-order valence-corrected chi connectivity index (χ0v) is 24.8. The molecule has 0 aliphatic rings. The third-order valence-corrected chi connectivity index (χ3v) is 7.96. The Morgan fingerprint density at radius 3 is 2.27 bits per heavy atom. The van der Waals surface area contributed by atoms with Gasteiger partial charge in [-0.3, -0.25) is 19.9 Å². The minimum absolute atomic E-state index is 0.00286. The van der Waals surface area contributed by atoms with Crippen molar-refractivity contribution in [3.05, 3.63) is 153 Å². The number of hydrogen-bond acceptors (Lipinski definition) is 8. The maximum absolute atomic E-state index is 12.8. The summed E-state index contributed by atoms with van der Waals surface area (Å²) in [6, 6.07) is 31.3. The summed E-state index contributed by atoms with van der Waals surface area (Å²) >= 11 is 1.38. The molecule has 0 atom stereocenters. The molecule has 6 rings (SSSR count). The lowest BCUT2D eigenvalue weighted by molar-refractivity contribution is -0.384. The number of rotatable bonds is 9. The fourth-order valence-corrected chi connectivity index (χ4v) is 5.53. The summed E-state index contributed by atoms with van der Waals surface area (Å²) < 4.78 is 1.83. The lowest BCUT2D eigenvalue weighted by Crippen LogP contribution is -2.19. The van der Waals surface area contributed by atoms with E-state index in [4.69, 9.17) is 10.1 Å². The van der Waals surface area contributed by atoms with Crippen molar-refractivity contribution in [3.63, 3.8) is 0 Å². The van der Waals surface area contributed by atoms with Crippen LogP contribution in [0.25, 0.3) is 33.7 Å². The van der Waals surface area contributed by atoms with E-state index in [-0.39, 0.29) is 5.69 Å². The van der Waals surface area contributed by atoms with Crippen LogP contribution in [0.4, 0.5) is 5.69 Å². The molecule has 1 amide bonds. The van der Waals surface area contributed by atoms with Crippen LogP contribution in [-0.4, -0.2) is 36.3 Å². The number of pyridine rings is 1. The van der Waals surface area contributed by atoms with Gasteiger partial charge in [0.2, 0.25) is 5.13 Å². The number of hydrogen-bond donors (Lipinski definition) is 1. The van der Waals surface area contributed by atoms with Gasteiger partial charge in [-0.2, -0.15) is 10.2 Å². The minimum Gasteiger partial charge on any atom is -0.267 e. The number of non-ortho nitro benzene ring substituents is 1. The van der Waals surface area contributed by atoms with Gasteiger partial charge < -0.3 is 0 Å². The molecule has 0 aliphatic heterocycles. The molecule has 0 saturated heterocycles. The quantitative estimate of drug-likeness (QED) is 0.105. The maximum Gasteiger partial charge on any atom is 0.271 e. The summed E-state index contributed by atoms with van der Waals surface area (Å²) in [5.41, 5.74) is 8.55. The second kappa shape index (κ2) is 13.1. The van der Waals surface area contributed by atoms with Crippen LogP contribution in [-0.2, 0) is 0 Å². The molecule has 3 aromatic carbocycles. The normalized spacial score (nSPS) is 11.5. The molecule has 3 heterocycles. The summed E-state index contributed by atoms with van der Waals surface area (Å²) in [6.07, 6.45) is 6.59. The first-order chi connectivity index (χ1) is 22.0. The minimum atomic E-state index is -0.445. The molecule has 0 unspecified atom stereocenters. The Kier molecular flexibility index (Phi) is 8.42. The van der Waals surface area contributed by atoms with Crippen LogP contribution >= 0.6 is 11.3 Å². The van der Waals surface area contributed by atoms with E-state index in [9.17, 15) is 14.9 Å². The van der Waals surface area contributed by atoms with Crippen molar-refractivity contribution in [2.24, 2.45) is 5.10 Å². The van der Waals surface area contributed by atoms with Crippen molar-refractivity contribution in [2.75, 3.05) is 0 Å². The lowest BCUT2D eigenvalue weighted by atomic mass is 10.1. The van der Waals surface area contributed by atoms with Crippen LogP contribution < -0.4 is 5.43 Å². The highest BCUT2D eigenvalue weighted by atomic mass is 32.1. The van der Waals surface area contributed by atoms with Crippen LogP contribution in [0.3, 0.4) is 0 Å². The molecule has 45 heavy (non-hydrogen) atoms. The highest BCUT2D eigenvalue weighted by Crippen LogP contribution is 2.31. The van der Waals surface area contributed by atoms with E-state index in [1.54, 1.807) is 36.4 Å². The fraction of sp³-hybridized carbons (Fsp3) is 0.0294. The number of nitrogens with zero attached hydrogens (tertiary/aromatic N) is 6. The first-order valence-corrected chi connectivity index (χ1v) is 14.7. The Labute approximate surface area is 262 Å². The molecule has 220 valence electrons. The van der Waals surface area contributed by atoms with Crippen LogP contribution in [0.2, 0.25) is 0 Å². The van der Waals surface area contributed by atoms with E-state index in [0.717, 1.165) is 28.1 Å². The first-order valence-electron chi connectivity index (χ1n) is 13.9. The van der Waals surface area contributed by atoms with Crippen molar-refractivity contribution in [1.82, 2.24) is 25.2 Å². The van der Waals surface area contributed by atoms with E-state index < -0.39 is 10.8 Å². The van der Waals surface area contributed by atoms with Gasteiger partial charge in [0.1, 0.15) is 5.71 Å². The topological polar surface area (TPSA) is 128 Å². The highest BCUT2D eigenvalue weighted by Gasteiger charge is 2.19. The molecule has 6 aromatic rings. The summed E-state index contributed by atoms with van der Waals surface area (Å²) in [5.74, 6) is -0.396. The number of aromatic nitrogens is 4. The number of carbonyl (C=O) groups is 1. The van der Waals surface area contributed by atoms with Gasteiger partial charge in [-0.15, -0.1) is 0 Å². The number of benzene rings is 3. The van der Waals surface area contributed by atoms with Gasteiger partial charge >= 0.3 is 0 Å². The number of amides is 1. The largest absolute Gasteiger partial charge is 0.271 e. The molecular weight excluding hydrogens is 586 g/mol. The van der Waals surface area contributed by atoms with Gasteiger partial charge in [-0.25, -0.2) is 15.1 Å². The van der Waals surface area contributed by atoms with Gasteiger partial charge in [0.25, 0.3) is 11.6 Å². The SMILES string of the molecule is Cc1nc(-n2nc(-c3ccccc3)cc2-c2ccccc2)sc1/C(C=Cc1ccc([N+](=O)[O-])cc1)=N/NC(=O)c1ccncc1. The smallest absolute Gasteiger partial charge is 0.267 e. The number of thiazole rings is 1. The number of hydrazone groups is 1. The summed E-state index contributed by atoms with van der Waals surface area (Å²) in [5, 5.41) is 21.1. The molecule has 0 aliphatic carbocycles. The van der Waals surface area contributed by atoms with Gasteiger partial charge in [0.15, 0.2) is 0 Å². The third-order valence-electron chi connectivity index (χ3n) is 6.81. The summed E-state index contributed by atoms with van der Waals surface area (Å²) in [4.78, 5) is 33.0. The van der Waals surface area contributed by atoms with E-state index in [1.807, 2.05) is 78.3 Å². The first kappa shape index (κ1) is 29.0. The Morgan fingerprint density at radius 1 is 0.933 bits per heavy atom. The zero-order valence-electron chi connectivity index (χ0n) is 23.9. The number of allylic oxidation sites excluding steroid dienone is 1. The maximum atomic E-state index is 12.8. The van der Waals surface area contributed by atoms with Crippen molar-refractivity contribution in [1.29, 1.82) is 0 Å². The monoisotopic (exact) mass is 611 g/mol. The molecule has 0 radical (unpaired) electrons. The highest BCUT2D eigenvalue weighted by molar-refractivity contribution is 7.16. The second-order valence-electron chi connectivity index (χ2n) is 9.83. The molecule has 10 nitrogen and oxygen atoms in total. The second-order valence-corrected chi connectivity index (χ2v) is 10.8. The average Bonchev–Trinajstić information content (AvgIpc) is 3.70. The molecular formula is C34H25N7O3S. The standard InChI is InChI=1S/C34H25N7O3S/c1-23-32(29(37-38-33(42)27-18-20-35-21-19-27)17-14-24-12-15-28(16-13-24)41(43)44)45-34(36-23)40-31(26-10-6-3-7-11-26)22-30(39-40)25-8-4-2-5-9-25/h2-22H,1H3,(H,38,42)/b17-14?,37-29+. The predicted octanol–water partition coefficient (Wildman–Crippen LogP) is 7.12. The van der Waals surface area contributed by atoms with Crippen LogP contribution in [0.1, 0.15) is 26.5 Å². The van der Waals surface area contributed by atoms with Crippen molar-refractivity contribution in [2.45, 2.75) is 6.92 Å². The summed E-state index contributed by atoms with van der Waals surface area (Å²) in [7, 11) is 0. The number of aryl methyl sites for hydroxylation is 1. The van der Waals surface area contributed by atoms with Crippen LogP contribution in [0.15, 0.2) is 127 Å². The Hall–Kier alpha value is -6.07. The molecule has 0 saturated carbocycles. The fourth-order valence-electron chi connectivity index (χ4n) is 4.53. The molecule has 0 bridgehead atoms. The van der Waals surface area contributed by atoms with Gasteiger partial charge in [0.05, 0.1) is 26.9 Å². The van der Waals surface area contributed by atoms with E-state index in [0.29, 0.717) is 27.0 Å². The Bertz CT molecular complexity index is 2020. The summed E-state index contributed by atoms with van der Waals surface area (Å²) in [6.45, 7) is 1.87. The van der Waals surface area contributed by atoms with Crippen LogP contribution in [0.5, 0.6) is 0 Å². The molecule has 0 fully saturated rings. The molecule has 11 heteroatoms. The molecule has 0 spiro atoms. The Morgan fingerprint density at radius 2 is 1.60 bits per heavy atom. The van der Waals surface area contributed by atoms with Gasteiger partial charge in [-0.05, 0) is 48.9 Å². The zero-order chi connectivity index (χ0) is 31.2. The van der Waals surface area contributed by atoms with Gasteiger partial charge in [-0.1, -0.05) is 78.1 Å². The number of nitro benzene ring substituents is 1. The predicted molar refractivity (Wildman–Crippen MR) is 175 cm³/mol. The third kappa shape index (κ3) is 6.63. The van der Waals surface area contributed by atoms with Gasteiger partial charge in [0, 0.05) is 41.2 Å². The lowest BCUT2D eigenvalue weighted by Gasteiger charge is -2.04. The van der Waals surface area contributed by atoms with E-state index in [2.05, 4.69) is 15.5 Å². The average molecular weight is 612 g/mol. The van der Waals surface area contributed by atoms with Crippen molar-refractivity contribution >= 4 is 34.7 Å². The van der Waals surface area contributed by atoms with Crippen molar-refractivity contribution < 1.29 is 9.72 Å². The number of nitrogens with one attached hydrogen (secondary N) is 1. The number of carbonyl (C=O) groups excluding carboxylic acids is 1. The van der Waals surface area contributed by atoms with Crippen LogP contribution in [0, 0.1) is 17.0 Å². The number of nitro groups is 1. The van der Waals surface area contributed by atoms with E-state index in [1.165, 1.54) is 35.9 Å². The van der Waals surface area contributed by atoms with Crippen molar-refractivity contribution in [3.8, 4) is 27.6 Å². The Balaban J connectivity index is 1.41. The van der Waals surface area contributed by atoms with E-state index >= 15 is 0 Å². The molecule has 1 N–H and O–H groups in total.